The minimum Gasteiger partial charge on any atom is -0.434 e. The number of fused-ring (bicyclic) bond motifs is 5. The maximum Gasteiger partial charge on any atom is 0.513 e. The minimum atomic E-state index is -0.707. The van der Waals surface area contributed by atoms with E-state index in [0.29, 0.717) is 5.75 Å². The molecule has 0 fully saturated rings. The predicted octanol–water partition coefficient (Wildman–Crippen LogP) is 3.46. The van der Waals surface area contributed by atoms with Gasteiger partial charge in [0.1, 0.15) is 11.3 Å². The number of nitrogens with zero attached hydrogens (tertiary/aromatic N) is 2. The molecule has 0 saturated carbocycles. The average Bonchev–Trinajstić information content (AvgIpc) is 3.08. The summed E-state index contributed by atoms with van der Waals surface area (Å²) in [6, 6.07) is 11.6. The number of H-pyrrole nitrogens is 1. The molecule has 6 nitrogen and oxygen atoms in total. The Labute approximate surface area is 125 Å². The van der Waals surface area contributed by atoms with Crippen LogP contribution in [0.2, 0.25) is 0 Å². The van der Waals surface area contributed by atoms with Gasteiger partial charge in [0.25, 0.3) is 0 Å². The fourth-order valence-electron chi connectivity index (χ4n) is 2.67. The number of aromatic nitrogens is 3. The molecule has 1 N–H and O–H groups in total. The maximum atomic E-state index is 11.5. The van der Waals surface area contributed by atoms with Crippen LogP contribution in [0.3, 0.4) is 0 Å². The maximum absolute atomic E-state index is 11.5. The molecule has 0 amide bonds. The molecule has 0 spiro atoms. The number of para-hydroxylation sites is 1. The highest BCUT2D eigenvalue weighted by Crippen LogP contribution is 2.38. The molecule has 2 aliphatic rings. The first kappa shape index (κ1) is 12.7. The van der Waals surface area contributed by atoms with E-state index in [0.717, 1.165) is 27.5 Å². The number of carbonyl (C=O) groups excluding carboxylic acids is 1. The molecule has 0 bridgehead atoms. The van der Waals surface area contributed by atoms with Crippen LogP contribution in [0.25, 0.3) is 27.5 Å². The smallest absolute Gasteiger partial charge is 0.434 e. The van der Waals surface area contributed by atoms with Gasteiger partial charge in [-0.05, 0) is 25.1 Å². The summed E-state index contributed by atoms with van der Waals surface area (Å²) in [7, 11) is 0. The van der Waals surface area contributed by atoms with Crippen molar-refractivity contribution < 1.29 is 14.3 Å². The largest absolute Gasteiger partial charge is 0.513 e. The fraction of sp³-hybridized carbons (Fsp3) is 0.125. The van der Waals surface area contributed by atoms with Crippen LogP contribution >= 0.6 is 0 Å². The van der Waals surface area contributed by atoms with Crippen molar-refractivity contribution in [2.45, 2.75) is 6.92 Å². The summed E-state index contributed by atoms with van der Waals surface area (Å²) < 4.78 is 11.8. The molecule has 0 unspecified atom stereocenters. The summed E-state index contributed by atoms with van der Waals surface area (Å²) in [6.45, 7) is 2.01. The van der Waals surface area contributed by atoms with E-state index in [1.54, 1.807) is 23.8 Å². The molecule has 2 heterocycles. The Morgan fingerprint density at radius 3 is 2.95 bits per heavy atom. The molecule has 1 aromatic carbocycles. The van der Waals surface area contributed by atoms with Gasteiger partial charge in [0.05, 0.1) is 18.3 Å². The standard InChI is InChI=1S/C16H13N3O3/c1-2-21-16(20)22-14-8-7-10-12(14)9-17-19-15(10)11-5-3-4-6-13(11)18-19/h3-9,18H,2H2,1H3. The summed E-state index contributed by atoms with van der Waals surface area (Å²) in [5, 5.41) is 8.64. The number of nitrogens with one attached hydrogen (secondary N) is 1. The molecule has 1 aliphatic heterocycles. The summed E-state index contributed by atoms with van der Waals surface area (Å²) >= 11 is 0. The van der Waals surface area contributed by atoms with Gasteiger partial charge in [0.2, 0.25) is 0 Å². The molecule has 4 rings (SSSR count). The number of rotatable bonds is 2. The number of hydrogen-bond donors (Lipinski definition) is 1. The van der Waals surface area contributed by atoms with Gasteiger partial charge in [-0.25, -0.2) is 4.79 Å². The van der Waals surface area contributed by atoms with E-state index in [2.05, 4.69) is 10.2 Å². The van der Waals surface area contributed by atoms with Crippen molar-refractivity contribution in [3.8, 4) is 16.9 Å². The Balaban J connectivity index is 1.87. The number of hydrogen-bond acceptors (Lipinski definition) is 4. The third kappa shape index (κ3) is 1.81. The van der Waals surface area contributed by atoms with Gasteiger partial charge in [-0.1, -0.05) is 18.2 Å². The number of aromatic amines is 1. The van der Waals surface area contributed by atoms with E-state index in [1.165, 1.54) is 0 Å². The van der Waals surface area contributed by atoms with Crippen molar-refractivity contribution in [2.75, 3.05) is 6.61 Å². The molecule has 6 heteroatoms. The van der Waals surface area contributed by atoms with Crippen molar-refractivity contribution in [3.05, 3.63) is 42.6 Å². The predicted molar refractivity (Wildman–Crippen MR) is 81.3 cm³/mol. The third-order valence-electron chi connectivity index (χ3n) is 3.59. The van der Waals surface area contributed by atoms with Crippen LogP contribution in [-0.4, -0.2) is 27.6 Å². The lowest BCUT2D eigenvalue weighted by atomic mass is 10.1. The summed E-state index contributed by atoms with van der Waals surface area (Å²) in [4.78, 5) is 11.5. The second-order valence-electron chi connectivity index (χ2n) is 4.87. The molecule has 0 saturated heterocycles. The third-order valence-corrected chi connectivity index (χ3v) is 3.59. The second kappa shape index (κ2) is 4.77. The highest BCUT2D eigenvalue weighted by Gasteiger charge is 2.19. The number of benzene rings is 1. The Hall–Kier alpha value is -3.02. The highest BCUT2D eigenvalue weighted by atomic mass is 16.7. The molecule has 1 aromatic heterocycles. The molecule has 22 heavy (non-hydrogen) atoms. The molecular formula is C16H13N3O3. The van der Waals surface area contributed by atoms with Crippen LogP contribution in [0.1, 0.15) is 6.92 Å². The monoisotopic (exact) mass is 295 g/mol. The van der Waals surface area contributed by atoms with Crippen molar-refractivity contribution in [1.82, 2.24) is 14.8 Å². The summed E-state index contributed by atoms with van der Waals surface area (Å²) in [5.74, 6) is 0.453. The van der Waals surface area contributed by atoms with E-state index >= 15 is 0 Å². The lowest BCUT2D eigenvalue weighted by Gasteiger charge is -2.06. The van der Waals surface area contributed by atoms with E-state index < -0.39 is 6.16 Å². The highest BCUT2D eigenvalue weighted by molar-refractivity contribution is 6.03. The zero-order valence-electron chi connectivity index (χ0n) is 11.9. The van der Waals surface area contributed by atoms with E-state index in [1.807, 2.05) is 30.3 Å². The van der Waals surface area contributed by atoms with Gasteiger partial charge in [0.15, 0.2) is 0 Å². The summed E-state index contributed by atoms with van der Waals surface area (Å²) in [5.41, 5.74) is 3.69. The first-order valence-electron chi connectivity index (χ1n) is 6.99. The average molecular weight is 295 g/mol. The zero-order chi connectivity index (χ0) is 15.1. The first-order valence-corrected chi connectivity index (χ1v) is 6.99. The Morgan fingerprint density at radius 1 is 1.23 bits per heavy atom. The van der Waals surface area contributed by atoms with Gasteiger partial charge in [-0.3, -0.25) is 5.10 Å². The molecule has 0 atom stereocenters. The van der Waals surface area contributed by atoms with Crippen molar-refractivity contribution in [2.24, 2.45) is 0 Å². The van der Waals surface area contributed by atoms with Crippen molar-refractivity contribution >= 4 is 22.6 Å². The molecular weight excluding hydrogens is 282 g/mol. The number of ether oxygens (including phenoxy) is 2. The van der Waals surface area contributed by atoms with Crippen molar-refractivity contribution in [3.63, 3.8) is 0 Å². The van der Waals surface area contributed by atoms with Crippen LogP contribution in [0.5, 0.6) is 5.75 Å². The second-order valence-corrected chi connectivity index (χ2v) is 4.87. The van der Waals surface area contributed by atoms with Crippen LogP contribution in [0.4, 0.5) is 4.79 Å². The van der Waals surface area contributed by atoms with Crippen LogP contribution in [0.15, 0.2) is 42.6 Å². The van der Waals surface area contributed by atoms with Gasteiger partial charge >= 0.3 is 6.16 Å². The zero-order valence-corrected chi connectivity index (χ0v) is 11.9. The van der Waals surface area contributed by atoms with Crippen LogP contribution in [0, 0.1) is 0 Å². The van der Waals surface area contributed by atoms with Gasteiger partial charge < -0.3 is 9.47 Å². The molecule has 110 valence electrons. The summed E-state index contributed by atoms with van der Waals surface area (Å²) in [6.07, 6.45) is 0.966. The normalized spacial score (nSPS) is 11.3. The van der Waals surface area contributed by atoms with Crippen LogP contribution in [-0.2, 0) is 4.74 Å². The van der Waals surface area contributed by atoms with Gasteiger partial charge in [-0.2, -0.15) is 9.73 Å². The quantitative estimate of drug-likeness (QED) is 0.575. The Morgan fingerprint density at radius 2 is 2.09 bits per heavy atom. The molecule has 0 radical (unpaired) electrons. The lowest BCUT2D eigenvalue weighted by molar-refractivity contribution is 0.104. The van der Waals surface area contributed by atoms with Gasteiger partial charge in [0, 0.05) is 16.5 Å². The van der Waals surface area contributed by atoms with Crippen LogP contribution < -0.4 is 4.74 Å². The Bertz CT molecular complexity index is 954. The SMILES string of the molecule is CCOC(=O)Oc1ccc2c3c4ccccc4[nH]n3ncc1-2. The van der Waals surface area contributed by atoms with E-state index in [-0.39, 0.29) is 6.61 Å². The van der Waals surface area contributed by atoms with E-state index in [4.69, 9.17) is 9.47 Å². The molecule has 1 aliphatic carbocycles. The Kier molecular flexibility index (Phi) is 2.75. The first-order chi connectivity index (χ1) is 10.8. The number of carbonyl (C=O) groups is 1. The molecule has 2 aromatic rings. The fourth-order valence-corrected chi connectivity index (χ4v) is 2.67. The minimum absolute atomic E-state index is 0.276. The van der Waals surface area contributed by atoms with Gasteiger partial charge in [-0.15, -0.1) is 0 Å². The lowest BCUT2D eigenvalue weighted by Crippen LogP contribution is -2.10. The topological polar surface area (TPSA) is 68.6 Å². The van der Waals surface area contributed by atoms with Crippen molar-refractivity contribution in [1.29, 1.82) is 0 Å². The van der Waals surface area contributed by atoms with E-state index in [9.17, 15) is 4.79 Å².